The van der Waals surface area contributed by atoms with Gasteiger partial charge in [0.1, 0.15) is 5.75 Å². The number of fused-ring (bicyclic) bond motifs is 4. The first kappa shape index (κ1) is 22.3. The van der Waals surface area contributed by atoms with Crippen molar-refractivity contribution in [3.05, 3.63) is 88.4 Å². The third-order valence-electron chi connectivity index (χ3n) is 6.46. The van der Waals surface area contributed by atoms with Crippen molar-refractivity contribution in [3.63, 3.8) is 0 Å². The van der Waals surface area contributed by atoms with Gasteiger partial charge in [0.2, 0.25) is 0 Å². The summed E-state index contributed by atoms with van der Waals surface area (Å²) in [5.41, 5.74) is 3.12. The van der Waals surface area contributed by atoms with Crippen LogP contribution < -0.4 is 20.3 Å². The van der Waals surface area contributed by atoms with Crippen LogP contribution >= 0.6 is 11.6 Å². The van der Waals surface area contributed by atoms with Crippen LogP contribution in [0.5, 0.6) is 5.75 Å². The van der Waals surface area contributed by atoms with Crippen molar-refractivity contribution < 1.29 is 14.3 Å². The Kier molecular flexibility index (Phi) is 5.48. The lowest BCUT2D eigenvalue weighted by Gasteiger charge is -2.50. The molecule has 6 nitrogen and oxygen atoms in total. The molecular weight excluding hydrogens is 450 g/mol. The minimum atomic E-state index is -0.865. The molecule has 0 aromatic heterocycles. The fourth-order valence-corrected chi connectivity index (χ4v) is 4.83. The molecule has 7 heteroatoms. The molecule has 0 aliphatic carbocycles. The summed E-state index contributed by atoms with van der Waals surface area (Å²) >= 11 is 6.15. The predicted octanol–water partition coefficient (Wildman–Crippen LogP) is 6.49. The van der Waals surface area contributed by atoms with Crippen molar-refractivity contribution in [2.24, 2.45) is 0 Å². The van der Waals surface area contributed by atoms with Crippen LogP contribution in [0.3, 0.4) is 0 Å². The Morgan fingerprint density at radius 2 is 1.82 bits per heavy atom. The summed E-state index contributed by atoms with van der Waals surface area (Å²) in [6, 6.07) is 19.8. The van der Waals surface area contributed by atoms with Gasteiger partial charge in [-0.25, -0.2) is 4.79 Å². The number of halogens is 1. The highest BCUT2D eigenvalue weighted by atomic mass is 35.5. The number of amides is 3. The van der Waals surface area contributed by atoms with E-state index in [-0.39, 0.29) is 18.0 Å². The van der Waals surface area contributed by atoms with E-state index in [1.54, 1.807) is 35.2 Å². The second-order valence-corrected chi connectivity index (χ2v) is 9.71. The number of nitrogens with one attached hydrogen (secondary N) is 2. The van der Waals surface area contributed by atoms with Crippen molar-refractivity contribution in [2.75, 3.05) is 10.2 Å². The van der Waals surface area contributed by atoms with Gasteiger partial charge in [-0.05, 0) is 73.0 Å². The molecule has 2 heterocycles. The fourth-order valence-electron chi connectivity index (χ4n) is 4.65. The van der Waals surface area contributed by atoms with Crippen LogP contribution in [0.4, 0.5) is 16.2 Å². The SMILES string of the molecule is CC(C)c1ccc(NC(=O)c2ccc(N3C(=O)N[C@H]4C[C@@]3(C)Oc3ccc(Cl)cc34)cc2)cc1. The molecular formula is C27H26ClN3O3. The Labute approximate surface area is 203 Å². The highest BCUT2D eigenvalue weighted by molar-refractivity contribution is 6.30. The summed E-state index contributed by atoms with van der Waals surface area (Å²) in [5, 5.41) is 6.58. The van der Waals surface area contributed by atoms with Gasteiger partial charge in [-0.15, -0.1) is 0 Å². The molecule has 2 aliphatic heterocycles. The van der Waals surface area contributed by atoms with E-state index in [1.165, 1.54) is 5.56 Å². The largest absolute Gasteiger partial charge is 0.467 e. The van der Waals surface area contributed by atoms with Crippen LogP contribution in [0.15, 0.2) is 66.7 Å². The van der Waals surface area contributed by atoms with Crippen LogP contribution in [0.1, 0.15) is 60.6 Å². The maximum Gasteiger partial charge on any atom is 0.325 e. The molecule has 0 radical (unpaired) electrons. The maximum atomic E-state index is 13.1. The van der Waals surface area contributed by atoms with Crippen molar-refractivity contribution in [3.8, 4) is 5.75 Å². The van der Waals surface area contributed by atoms with Crippen LogP contribution in [0.25, 0.3) is 0 Å². The number of anilines is 2. The summed E-state index contributed by atoms with van der Waals surface area (Å²) in [5.74, 6) is 0.923. The van der Waals surface area contributed by atoms with E-state index < -0.39 is 5.72 Å². The van der Waals surface area contributed by atoms with Crippen LogP contribution in [-0.2, 0) is 0 Å². The molecule has 1 fully saturated rings. The maximum absolute atomic E-state index is 13.1. The molecule has 2 N–H and O–H groups in total. The fraction of sp³-hybridized carbons (Fsp3) is 0.259. The van der Waals surface area contributed by atoms with Gasteiger partial charge in [0.25, 0.3) is 5.91 Å². The molecule has 3 aromatic carbocycles. The molecule has 0 saturated carbocycles. The number of benzene rings is 3. The number of urea groups is 1. The number of rotatable bonds is 4. The Morgan fingerprint density at radius 1 is 1.12 bits per heavy atom. The number of nitrogens with zero attached hydrogens (tertiary/aromatic N) is 1. The lowest BCUT2D eigenvalue weighted by atomic mass is 9.90. The van der Waals surface area contributed by atoms with E-state index >= 15 is 0 Å². The van der Waals surface area contributed by atoms with Gasteiger partial charge in [-0.3, -0.25) is 9.69 Å². The minimum Gasteiger partial charge on any atom is -0.467 e. The quantitative estimate of drug-likeness (QED) is 0.453. The van der Waals surface area contributed by atoms with E-state index in [2.05, 4.69) is 24.5 Å². The van der Waals surface area contributed by atoms with Gasteiger partial charge < -0.3 is 15.4 Å². The van der Waals surface area contributed by atoms with Gasteiger partial charge in [-0.1, -0.05) is 37.6 Å². The summed E-state index contributed by atoms with van der Waals surface area (Å²) in [4.78, 5) is 27.4. The summed E-state index contributed by atoms with van der Waals surface area (Å²) in [7, 11) is 0. The Bertz CT molecular complexity index is 1260. The molecule has 5 rings (SSSR count). The summed E-state index contributed by atoms with van der Waals surface area (Å²) < 4.78 is 6.29. The molecule has 3 aromatic rings. The van der Waals surface area contributed by atoms with Crippen LogP contribution in [-0.4, -0.2) is 17.7 Å². The topological polar surface area (TPSA) is 70.7 Å². The van der Waals surface area contributed by atoms with Crippen molar-refractivity contribution in [1.82, 2.24) is 5.32 Å². The number of carbonyl (C=O) groups is 2. The number of carbonyl (C=O) groups excluding carboxylic acids is 2. The zero-order valence-electron chi connectivity index (χ0n) is 19.3. The second-order valence-electron chi connectivity index (χ2n) is 9.28. The average molecular weight is 476 g/mol. The molecule has 174 valence electrons. The van der Waals surface area contributed by atoms with Crippen LogP contribution in [0, 0.1) is 0 Å². The highest BCUT2D eigenvalue weighted by Gasteiger charge is 2.49. The van der Waals surface area contributed by atoms with Gasteiger partial charge >= 0.3 is 6.03 Å². The molecule has 0 unspecified atom stereocenters. The van der Waals surface area contributed by atoms with E-state index in [4.69, 9.17) is 16.3 Å². The summed E-state index contributed by atoms with van der Waals surface area (Å²) in [6.07, 6.45) is 0.570. The third kappa shape index (κ3) is 3.99. The normalized spacial score (nSPS) is 20.9. The molecule has 2 aliphatic rings. The number of ether oxygens (including phenoxy) is 1. The van der Waals surface area contributed by atoms with Gasteiger partial charge in [0, 0.05) is 33.9 Å². The Balaban J connectivity index is 1.35. The zero-order chi connectivity index (χ0) is 24.0. The van der Waals surface area contributed by atoms with Crippen molar-refractivity contribution in [2.45, 2.75) is 44.9 Å². The predicted molar refractivity (Wildman–Crippen MR) is 134 cm³/mol. The van der Waals surface area contributed by atoms with Crippen molar-refractivity contribution >= 4 is 34.9 Å². The first-order valence-electron chi connectivity index (χ1n) is 11.3. The van der Waals surface area contributed by atoms with E-state index in [9.17, 15) is 9.59 Å². The molecule has 34 heavy (non-hydrogen) atoms. The first-order chi connectivity index (χ1) is 16.2. The molecule has 2 atom stereocenters. The average Bonchev–Trinajstić information content (AvgIpc) is 2.80. The minimum absolute atomic E-state index is 0.177. The highest BCUT2D eigenvalue weighted by Crippen LogP contribution is 2.46. The second kappa shape index (κ2) is 8.37. The van der Waals surface area contributed by atoms with Crippen LogP contribution in [0.2, 0.25) is 5.02 Å². The summed E-state index contributed by atoms with van der Waals surface area (Å²) in [6.45, 7) is 6.16. The Morgan fingerprint density at radius 3 is 2.50 bits per heavy atom. The smallest absolute Gasteiger partial charge is 0.325 e. The first-order valence-corrected chi connectivity index (χ1v) is 11.7. The lowest BCUT2D eigenvalue weighted by molar-refractivity contribution is 0.0379. The van der Waals surface area contributed by atoms with E-state index in [0.29, 0.717) is 34.4 Å². The lowest BCUT2D eigenvalue weighted by Crippen LogP contribution is -2.65. The van der Waals surface area contributed by atoms with Gasteiger partial charge in [-0.2, -0.15) is 0 Å². The monoisotopic (exact) mass is 475 g/mol. The van der Waals surface area contributed by atoms with Crippen molar-refractivity contribution in [1.29, 1.82) is 0 Å². The number of hydrogen-bond acceptors (Lipinski definition) is 3. The third-order valence-corrected chi connectivity index (χ3v) is 6.69. The molecule has 0 spiro atoms. The molecule has 1 saturated heterocycles. The molecule has 2 bridgehead atoms. The van der Waals surface area contributed by atoms with Gasteiger partial charge in [0.05, 0.1) is 6.04 Å². The number of hydrogen-bond donors (Lipinski definition) is 2. The van der Waals surface area contributed by atoms with Gasteiger partial charge in [0.15, 0.2) is 5.72 Å². The molecule has 3 amide bonds. The van der Waals surface area contributed by atoms with E-state index in [0.717, 1.165) is 11.3 Å². The standard InChI is InChI=1S/C27H26ClN3O3/c1-16(2)17-4-9-20(10-5-17)29-25(32)18-6-11-21(12-7-18)31-26(33)30-23-15-27(31,3)34-24-13-8-19(28)14-22(23)24/h4-14,16,23H,15H2,1-3H3,(H,29,32)(H,30,33)/t23-,27+/m0/s1. The zero-order valence-corrected chi connectivity index (χ0v) is 20.0. The van der Waals surface area contributed by atoms with E-state index in [1.807, 2.05) is 43.3 Å². The Hall–Kier alpha value is -3.51.